The summed E-state index contributed by atoms with van der Waals surface area (Å²) in [6.07, 6.45) is 3.49. The first kappa shape index (κ1) is 11.7. The number of ether oxygens (including phenoxy) is 1. The molecule has 1 aromatic heterocycles. The van der Waals surface area contributed by atoms with Crippen molar-refractivity contribution in [3.05, 3.63) is 18.0 Å². The van der Waals surface area contributed by atoms with E-state index in [0.29, 0.717) is 0 Å². The van der Waals surface area contributed by atoms with Crippen LogP contribution in [0.2, 0.25) is 0 Å². The van der Waals surface area contributed by atoms with Crippen LogP contribution < -0.4 is 5.73 Å². The summed E-state index contributed by atoms with van der Waals surface area (Å²) in [7, 11) is 1.36. The number of carbonyl (C=O) groups is 1. The molecule has 0 amide bonds. The molecular formula is C10H17N3O2. The molecule has 0 aromatic carbocycles. The largest absolute Gasteiger partial charge is 0.469 e. The van der Waals surface area contributed by atoms with Crippen LogP contribution in [0.25, 0.3) is 0 Å². The Balaban J connectivity index is 2.88. The highest BCUT2D eigenvalue weighted by molar-refractivity contribution is 5.78. The lowest BCUT2D eigenvalue weighted by Gasteiger charge is -2.09. The highest BCUT2D eigenvalue weighted by atomic mass is 16.5. The van der Waals surface area contributed by atoms with Crippen LogP contribution in [0.5, 0.6) is 0 Å². The van der Waals surface area contributed by atoms with Crippen LogP contribution in [0.4, 0.5) is 0 Å². The molecule has 1 heterocycles. The molecule has 0 saturated carbocycles. The summed E-state index contributed by atoms with van der Waals surface area (Å²) in [5.41, 5.74) is 6.33. The highest BCUT2D eigenvalue weighted by Crippen LogP contribution is 2.16. The second kappa shape index (κ2) is 4.93. The highest BCUT2D eigenvalue weighted by Gasteiger charge is 2.21. The standard InChI is InChI=1S/C10H17N3O2/c1-7(2)13-6-8(5-12-13)9(4-11)10(14)15-3/h5-7,9H,4,11H2,1-3H3. The zero-order chi connectivity index (χ0) is 11.4. The molecule has 1 rings (SSSR count). The molecule has 2 N–H and O–H groups in total. The Kier molecular flexibility index (Phi) is 3.85. The van der Waals surface area contributed by atoms with Crippen molar-refractivity contribution < 1.29 is 9.53 Å². The van der Waals surface area contributed by atoms with E-state index >= 15 is 0 Å². The van der Waals surface area contributed by atoms with E-state index in [1.807, 2.05) is 20.0 Å². The van der Waals surface area contributed by atoms with Crippen LogP contribution in [-0.2, 0) is 9.53 Å². The number of rotatable bonds is 4. The van der Waals surface area contributed by atoms with E-state index < -0.39 is 5.92 Å². The van der Waals surface area contributed by atoms with Crippen molar-refractivity contribution in [2.45, 2.75) is 25.8 Å². The molecule has 0 bridgehead atoms. The fourth-order valence-corrected chi connectivity index (χ4v) is 1.33. The maximum Gasteiger partial charge on any atom is 0.314 e. The van der Waals surface area contributed by atoms with Crippen LogP contribution >= 0.6 is 0 Å². The molecule has 1 atom stereocenters. The Hall–Kier alpha value is -1.36. The van der Waals surface area contributed by atoms with E-state index in [0.717, 1.165) is 5.56 Å². The number of esters is 1. The van der Waals surface area contributed by atoms with E-state index in [9.17, 15) is 4.79 Å². The predicted molar refractivity (Wildman–Crippen MR) is 56.4 cm³/mol. The summed E-state index contributed by atoms with van der Waals surface area (Å²) in [5, 5.41) is 4.15. The second-order valence-corrected chi connectivity index (χ2v) is 3.66. The zero-order valence-corrected chi connectivity index (χ0v) is 9.30. The van der Waals surface area contributed by atoms with Crippen LogP contribution in [-0.4, -0.2) is 29.4 Å². The molecule has 1 aromatic rings. The van der Waals surface area contributed by atoms with E-state index in [1.54, 1.807) is 10.9 Å². The summed E-state index contributed by atoms with van der Waals surface area (Å²) < 4.78 is 6.46. The third-order valence-corrected chi connectivity index (χ3v) is 2.27. The van der Waals surface area contributed by atoms with Crippen molar-refractivity contribution in [1.82, 2.24) is 9.78 Å². The molecule has 15 heavy (non-hydrogen) atoms. The number of nitrogens with two attached hydrogens (primary N) is 1. The van der Waals surface area contributed by atoms with Crippen molar-refractivity contribution in [2.75, 3.05) is 13.7 Å². The van der Waals surface area contributed by atoms with Gasteiger partial charge in [-0.2, -0.15) is 5.10 Å². The lowest BCUT2D eigenvalue weighted by molar-refractivity contribution is -0.142. The molecule has 0 aliphatic carbocycles. The predicted octanol–water partition coefficient (Wildman–Crippen LogP) is 0.679. The molecule has 0 radical (unpaired) electrons. The van der Waals surface area contributed by atoms with Gasteiger partial charge < -0.3 is 10.5 Å². The summed E-state index contributed by atoms with van der Waals surface area (Å²) >= 11 is 0. The van der Waals surface area contributed by atoms with Gasteiger partial charge in [-0.15, -0.1) is 0 Å². The minimum atomic E-state index is -0.414. The lowest BCUT2D eigenvalue weighted by Crippen LogP contribution is -2.22. The van der Waals surface area contributed by atoms with E-state index in [4.69, 9.17) is 5.73 Å². The molecule has 0 spiro atoms. The van der Waals surface area contributed by atoms with Gasteiger partial charge in [-0.05, 0) is 13.8 Å². The summed E-state index contributed by atoms with van der Waals surface area (Å²) in [6.45, 7) is 4.27. The monoisotopic (exact) mass is 211 g/mol. The topological polar surface area (TPSA) is 70.1 Å². The number of aromatic nitrogens is 2. The summed E-state index contributed by atoms with van der Waals surface area (Å²) in [6, 6.07) is 0.273. The molecular weight excluding hydrogens is 194 g/mol. The Morgan fingerprint density at radius 1 is 1.67 bits per heavy atom. The number of methoxy groups -OCH3 is 1. The smallest absolute Gasteiger partial charge is 0.314 e. The van der Waals surface area contributed by atoms with Crippen LogP contribution in [0.15, 0.2) is 12.4 Å². The van der Waals surface area contributed by atoms with Gasteiger partial charge in [-0.1, -0.05) is 0 Å². The third kappa shape index (κ3) is 2.56. The van der Waals surface area contributed by atoms with Crippen molar-refractivity contribution in [3.63, 3.8) is 0 Å². The fraction of sp³-hybridized carbons (Fsp3) is 0.600. The van der Waals surface area contributed by atoms with Crippen LogP contribution in [0, 0.1) is 0 Å². The molecule has 0 aliphatic heterocycles. The van der Waals surface area contributed by atoms with Gasteiger partial charge >= 0.3 is 5.97 Å². The summed E-state index contributed by atoms with van der Waals surface area (Å²) in [4.78, 5) is 11.4. The second-order valence-electron chi connectivity index (χ2n) is 3.66. The Bertz CT molecular complexity index is 333. The van der Waals surface area contributed by atoms with Crippen molar-refractivity contribution in [3.8, 4) is 0 Å². The van der Waals surface area contributed by atoms with E-state index in [-0.39, 0.29) is 18.6 Å². The van der Waals surface area contributed by atoms with Gasteiger partial charge in [0, 0.05) is 24.3 Å². The van der Waals surface area contributed by atoms with Crippen LogP contribution in [0.3, 0.4) is 0 Å². The van der Waals surface area contributed by atoms with E-state index in [2.05, 4.69) is 9.84 Å². The minimum Gasteiger partial charge on any atom is -0.469 e. The molecule has 1 unspecified atom stereocenters. The Morgan fingerprint density at radius 2 is 2.33 bits per heavy atom. The van der Waals surface area contributed by atoms with Gasteiger partial charge in [-0.3, -0.25) is 9.48 Å². The van der Waals surface area contributed by atoms with Crippen molar-refractivity contribution >= 4 is 5.97 Å². The maximum absolute atomic E-state index is 11.4. The minimum absolute atomic E-state index is 0.233. The van der Waals surface area contributed by atoms with Crippen LogP contribution in [0.1, 0.15) is 31.4 Å². The maximum atomic E-state index is 11.4. The van der Waals surface area contributed by atoms with Gasteiger partial charge in [0.25, 0.3) is 0 Å². The molecule has 5 heteroatoms. The molecule has 0 saturated heterocycles. The quantitative estimate of drug-likeness (QED) is 0.743. The average molecular weight is 211 g/mol. The first-order valence-corrected chi connectivity index (χ1v) is 4.92. The SMILES string of the molecule is COC(=O)C(CN)c1cnn(C(C)C)c1. The molecule has 0 aliphatic rings. The zero-order valence-electron chi connectivity index (χ0n) is 9.30. The first-order chi connectivity index (χ1) is 7.10. The Morgan fingerprint density at radius 3 is 2.73 bits per heavy atom. The first-order valence-electron chi connectivity index (χ1n) is 4.92. The molecule has 5 nitrogen and oxygen atoms in total. The van der Waals surface area contributed by atoms with Gasteiger partial charge in [0.05, 0.1) is 19.2 Å². The number of hydrogen-bond acceptors (Lipinski definition) is 4. The lowest BCUT2D eigenvalue weighted by atomic mass is 10.0. The fourth-order valence-electron chi connectivity index (χ4n) is 1.33. The van der Waals surface area contributed by atoms with Gasteiger partial charge in [-0.25, -0.2) is 0 Å². The normalized spacial score (nSPS) is 12.9. The van der Waals surface area contributed by atoms with Crippen molar-refractivity contribution in [2.24, 2.45) is 5.73 Å². The van der Waals surface area contributed by atoms with Crippen molar-refractivity contribution in [1.29, 1.82) is 0 Å². The molecule has 84 valence electrons. The molecule has 0 fully saturated rings. The number of nitrogens with zero attached hydrogens (tertiary/aromatic N) is 2. The van der Waals surface area contributed by atoms with Gasteiger partial charge in [0.15, 0.2) is 0 Å². The van der Waals surface area contributed by atoms with Gasteiger partial charge in [0.2, 0.25) is 0 Å². The van der Waals surface area contributed by atoms with Gasteiger partial charge in [0.1, 0.15) is 0 Å². The summed E-state index contributed by atoms with van der Waals surface area (Å²) in [5.74, 6) is -0.733. The average Bonchev–Trinajstić information content (AvgIpc) is 2.68. The number of carbonyl (C=O) groups excluding carboxylic acids is 1. The number of hydrogen-bond donors (Lipinski definition) is 1. The third-order valence-electron chi connectivity index (χ3n) is 2.27. The Labute approximate surface area is 89.2 Å². The van der Waals surface area contributed by atoms with E-state index in [1.165, 1.54) is 7.11 Å².